The number of hydrogen-bond acceptors (Lipinski definition) is 8. The average molecular weight is 583 g/mol. The number of nitrogens with zero attached hydrogens (tertiary/aromatic N) is 2. The van der Waals surface area contributed by atoms with Gasteiger partial charge in [0.05, 0.1) is 23.8 Å². The molecule has 3 aliphatic heterocycles. The fraction of sp³-hybridized carbons (Fsp3) is 0.303. The topological polar surface area (TPSA) is 120 Å². The van der Waals surface area contributed by atoms with Crippen LogP contribution in [-0.4, -0.2) is 64.6 Å². The van der Waals surface area contributed by atoms with Crippen molar-refractivity contribution in [2.24, 2.45) is 5.41 Å². The summed E-state index contributed by atoms with van der Waals surface area (Å²) in [5.74, 6) is -2.54. The van der Waals surface area contributed by atoms with Crippen LogP contribution in [0.5, 0.6) is 0 Å². The fourth-order valence-electron chi connectivity index (χ4n) is 5.82. The van der Waals surface area contributed by atoms with Crippen molar-refractivity contribution in [2.75, 3.05) is 6.61 Å². The van der Waals surface area contributed by atoms with Crippen LogP contribution in [0.3, 0.4) is 0 Å². The van der Waals surface area contributed by atoms with E-state index in [1.54, 1.807) is 78.9 Å². The van der Waals surface area contributed by atoms with Gasteiger partial charge >= 0.3 is 12.1 Å². The first-order chi connectivity index (χ1) is 20.7. The molecule has 2 saturated heterocycles. The number of carbonyl (C=O) groups excluding carboxylic acids is 5. The Morgan fingerprint density at radius 1 is 0.884 bits per heavy atom. The number of carbonyl (C=O) groups is 5. The summed E-state index contributed by atoms with van der Waals surface area (Å²) in [6.45, 7) is 3.79. The second kappa shape index (κ2) is 11.1. The highest BCUT2D eigenvalue weighted by molar-refractivity contribution is 6.23. The average Bonchev–Trinajstić information content (AvgIpc) is 3.42. The van der Waals surface area contributed by atoms with Gasteiger partial charge in [-0.2, -0.15) is 0 Å². The SMILES string of the molecule is CC1(C)COC(=O)[C@@H]1O[C@H]1C[C@H](c2ccccc2)N(C(=O)[C@H](Cc2ccccc2)N2C(=O)c3ccccc3C2=O)C(=O)O1. The van der Waals surface area contributed by atoms with Gasteiger partial charge in [-0.25, -0.2) is 14.5 Å². The maximum atomic E-state index is 14.5. The van der Waals surface area contributed by atoms with E-state index < -0.39 is 59.7 Å². The van der Waals surface area contributed by atoms with Crippen LogP contribution in [0.15, 0.2) is 84.9 Å². The third-order valence-electron chi connectivity index (χ3n) is 8.07. The Labute approximate surface area is 248 Å². The normalized spacial score (nSPS) is 23.5. The molecule has 220 valence electrons. The molecule has 3 aromatic rings. The molecule has 10 heteroatoms. The number of hydrogen-bond donors (Lipinski definition) is 0. The van der Waals surface area contributed by atoms with Gasteiger partial charge in [-0.05, 0) is 23.3 Å². The molecule has 6 rings (SSSR count). The summed E-state index contributed by atoms with van der Waals surface area (Å²) in [5, 5.41) is 0. The first-order valence-corrected chi connectivity index (χ1v) is 14.1. The van der Waals surface area contributed by atoms with Crippen LogP contribution in [-0.2, 0) is 30.2 Å². The van der Waals surface area contributed by atoms with Crippen LogP contribution < -0.4 is 0 Å². The molecule has 4 amide bonds. The predicted molar refractivity (Wildman–Crippen MR) is 151 cm³/mol. The molecule has 43 heavy (non-hydrogen) atoms. The number of ether oxygens (including phenoxy) is 3. The lowest BCUT2D eigenvalue weighted by Crippen LogP contribution is -2.57. The number of imide groups is 2. The van der Waals surface area contributed by atoms with Gasteiger partial charge in [0.25, 0.3) is 17.7 Å². The van der Waals surface area contributed by atoms with Gasteiger partial charge in [0, 0.05) is 18.3 Å². The maximum absolute atomic E-state index is 14.5. The van der Waals surface area contributed by atoms with E-state index in [2.05, 4.69) is 0 Å². The van der Waals surface area contributed by atoms with Crippen molar-refractivity contribution in [1.29, 1.82) is 0 Å². The van der Waals surface area contributed by atoms with Crippen LogP contribution in [0, 0.1) is 5.41 Å². The minimum absolute atomic E-state index is 0.0154. The lowest BCUT2D eigenvalue weighted by Gasteiger charge is -2.40. The van der Waals surface area contributed by atoms with E-state index in [4.69, 9.17) is 14.2 Å². The molecule has 3 heterocycles. The number of esters is 1. The minimum atomic E-state index is -1.34. The van der Waals surface area contributed by atoms with Gasteiger partial charge in [-0.15, -0.1) is 0 Å². The molecule has 3 aromatic carbocycles. The van der Waals surface area contributed by atoms with E-state index in [9.17, 15) is 24.0 Å². The summed E-state index contributed by atoms with van der Waals surface area (Å²) in [5.41, 5.74) is 1.06. The maximum Gasteiger partial charge on any atom is 0.419 e. The van der Waals surface area contributed by atoms with Crippen molar-refractivity contribution < 1.29 is 38.2 Å². The van der Waals surface area contributed by atoms with E-state index in [0.717, 1.165) is 9.80 Å². The molecule has 0 bridgehead atoms. The molecule has 3 aliphatic rings. The molecule has 4 atom stereocenters. The van der Waals surface area contributed by atoms with Crippen molar-refractivity contribution in [3.05, 3.63) is 107 Å². The molecular formula is C33H30N2O8. The zero-order valence-corrected chi connectivity index (χ0v) is 23.7. The lowest BCUT2D eigenvalue weighted by atomic mass is 9.89. The first-order valence-electron chi connectivity index (χ1n) is 14.1. The zero-order chi connectivity index (χ0) is 30.3. The van der Waals surface area contributed by atoms with Crippen molar-refractivity contribution in [3.8, 4) is 0 Å². The third kappa shape index (κ3) is 5.18. The van der Waals surface area contributed by atoms with Gasteiger partial charge in [-0.1, -0.05) is 86.6 Å². The van der Waals surface area contributed by atoms with Crippen LogP contribution in [0.2, 0.25) is 0 Å². The molecular weight excluding hydrogens is 552 g/mol. The van der Waals surface area contributed by atoms with E-state index in [1.165, 1.54) is 0 Å². The first kappa shape index (κ1) is 28.3. The highest BCUT2D eigenvalue weighted by atomic mass is 16.7. The third-order valence-corrected chi connectivity index (χ3v) is 8.07. The number of cyclic esters (lactones) is 2. The summed E-state index contributed by atoms with van der Waals surface area (Å²) in [7, 11) is 0. The van der Waals surface area contributed by atoms with Gasteiger partial charge in [0.1, 0.15) is 6.04 Å². The number of rotatable bonds is 7. The Bertz CT molecular complexity index is 1550. The molecule has 0 aromatic heterocycles. The van der Waals surface area contributed by atoms with E-state index in [-0.39, 0.29) is 30.6 Å². The van der Waals surface area contributed by atoms with Gasteiger partial charge in [0.2, 0.25) is 6.29 Å². The lowest BCUT2D eigenvalue weighted by molar-refractivity contribution is -0.196. The molecule has 0 unspecified atom stereocenters. The second-order valence-electron chi connectivity index (χ2n) is 11.5. The summed E-state index contributed by atoms with van der Waals surface area (Å²) in [4.78, 5) is 69.6. The smallest absolute Gasteiger partial charge is 0.419 e. The Kier molecular flexibility index (Phi) is 7.31. The fourth-order valence-corrected chi connectivity index (χ4v) is 5.82. The summed E-state index contributed by atoms with van der Waals surface area (Å²) in [6, 6.07) is 22.0. The van der Waals surface area contributed by atoms with Crippen LogP contribution in [0.4, 0.5) is 4.79 Å². The van der Waals surface area contributed by atoms with E-state index >= 15 is 0 Å². The summed E-state index contributed by atoms with van der Waals surface area (Å²) < 4.78 is 16.8. The van der Waals surface area contributed by atoms with Crippen molar-refractivity contribution in [1.82, 2.24) is 9.80 Å². The van der Waals surface area contributed by atoms with Crippen molar-refractivity contribution in [2.45, 2.75) is 51.2 Å². The number of amides is 4. The largest absolute Gasteiger partial charge is 0.463 e. The van der Waals surface area contributed by atoms with E-state index in [0.29, 0.717) is 11.1 Å². The monoisotopic (exact) mass is 582 g/mol. The molecule has 0 spiro atoms. The Hall–Kier alpha value is -4.83. The molecule has 0 saturated carbocycles. The molecule has 0 radical (unpaired) electrons. The molecule has 0 aliphatic carbocycles. The Balaban J connectivity index is 1.36. The predicted octanol–water partition coefficient (Wildman–Crippen LogP) is 4.30. The summed E-state index contributed by atoms with van der Waals surface area (Å²) in [6.07, 6.45) is -3.12. The van der Waals surface area contributed by atoms with Gasteiger partial charge < -0.3 is 14.2 Å². The van der Waals surface area contributed by atoms with Crippen LogP contribution in [0.1, 0.15) is 58.2 Å². The number of benzene rings is 3. The summed E-state index contributed by atoms with van der Waals surface area (Å²) >= 11 is 0. The second-order valence-corrected chi connectivity index (χ2v) is 11.5. The quantitative estimate of drug-likeness (QED) is 0.299. The highest BCUT2D eigenvalue weighted by Gasteiger charge is 2.51. The van der Waals surface area contributed by atoms with E-state index in [1.807, 2.05) is 19.9 Å². The van der Waals surface area contributed by atoms with Gasteiger partial charge in [-0.3, -0.25) is 19.3 Å². The minimum Gasteiger partial charge on any atom is -0.463 e. The molecule has 0 N–H and O–H groups in total. The molecule has 10 nitrogen and oxygen atoms in total. The van der Waals surface area contributed by atoms with Crippen molar-refractivity contribution in [3.63, 3.8) is 0 Å². The highest BCUT2D eigenvalue weighted by Crippen LogP contribution is 2.38. The Morgan fingerprint density at radius 3 is 2.05 bits per heavy atom. The van der Waals surface area contributed by atoms with Gasteiger partial charge in [0.15, 0.2) is 6.10 Å². The molecule has 2 fully saturated rings. The standard InChI is InChI=1S/C33H30N2O8/c1-33(2)19-41-31(39)27(33)42-26-18-24(21-13-7-4-8-14-21)35(32(40)43-26)30(38)25(17-20-11-5-3-6-12-20)34-28(36)22-15-9-10-16-23(22)29(34)37/h3-16,24-27H,17-19H2,1-2H3/t24-,25+,26-,27+/m1/s1. The zero-order valence-electron chi connectivity index (χ0n) is 23.7. The van der Waals surface area contributed by atoms with Crippen molar-refractivity contribution >= 4 is 29.8 Å². The van der Waals surface area contributed by atoms with Crippen LogP contribution >= 0.6 is 0 Å². The van der Waals surface area contributed by atoms with Crippen LogP contribution in [0.25, 0.3) is 0 Å². The Morgan fingerprint density at radius 2 is 1.47 bits per heavy atom. The number of fused-ring (bicyclic) bond motifs is 1.